The van der Waals surface area contributed by atoms with Gasteiger partial charge in [-0.2, -0.15) is 0 Å². The van der Waals surface area contributed by atoms with Gasteiger partial charge in [0.1, 0.15) is 0 Å². The van der Waals surface area contributed by atoms with Crippen molar-refractivity contribution in [2.24, 2.45) is 5.92 Å². The smallest absolute Gasteiger partial charge is 0.157 e. The van der Waals surface area contributed by atoms with E-state index in [1.807, 2.05) is 19.9 Å². The Balaban J connectivity index is 2.19. The first kappa shape index (κ1) is 10.5. The molecule has 0 atom stereocenters. The van der Waals surface area contributed by atoms with Gasteiger partial charge in [0.25, 0.3) is 0 Å². The molecule has 74 valence electrons. The molecular weight excluding hydrogens is 162 g/mol. The molecule has 0 radical (unpaired) electrons. The van der Waals surface area contributed by atoms with Crippen molar-refractivity contribution in [2.75, 3.05) is 13.6 Å². The van der Waals surface area contributed by atoms with Crippen LogP contribution in [0.2, 0.25) is 0 Å². The van der Waals surface area contributed by atoms with Crippen molar-refractivity contribution in [3.8, 4) is 0 Å². The van der Waals surface area contributed by atoms with Crippen LogP contribution in [0.3, 0.4) is 0 Å². The van der Waals surface area contributed by atoms with E-state index in [-0.39, 0.29) is 11.7 Å². The van der Waals surface area contributed by atoms with Crippen LogP contribution in [0.4, 0.5) is 0 Å². The number of nitrogens with zero attached hydrogens (tertiary/aromatic N) is 1. The van der Waals surface area contributed by atoms with E-state index in [9.17, 15) is 4.79 Å². The Labute approximate surface area is 80.6 Å². The molecule has 0 aliphatic heterocycles. The van der Waals surface area contributed by atoms with Gasteiger partial charge in [0.15, 0.2) is 5.78 Å². The highest BCUT2D eigenvalue weighted by Gasteiger charge is 2.24. The fraction of sp³-hybridized carbons (Fsp3) is 0.727. The van der Waals surface area contributed by atoms with Crippen LogP contribution in [-0.2, 0) is 4.79 Å². The Morgan fingerprint density at radius 1 is 1.54 bits per heavy atom. The Morgan fingerprint density at radius 3 is 2.62 bits per heavy atom. The van der Waals surface area contributed by atoms with Crippen molar-refractivity contribution >= 4 is 5.78 Å². The van der Waals surface area contributed by atoms with E-state index in [0.29, 0.717) is 0 Å². The first-order valence-electron chi connectivity index (χ1n) is 5.02. The molecule has 2 heteroatoms. The van der Waals surface area contributed by atoms with Crippen LogP contribution < -0.4 is 0 Å². The topological polar surface area (TPSA) is 20.3 Å². The van der Waals surface area contributed by atoms with Crippen molar-refractivity contribution in [3.63, 3.8) is 0 Å². The molecule has 0 unspecified atom stereocenters. The van der Waals surface area contributed by atoms with Gasteiger partial charge in [-0.25, -0.2) is 0 Å². The largest absolute Gasteiger partial charge is 0.300 e. The van der Waals surface area contributed by atoms with Gasteiger partial charge < -0.3 is 0 Å². The van der Waals surface area contributed by atoms with Crippen LogP contribution in [-0.4, -0.2) is 30.3 Å². The highest BCUT2D eigenvalue weighted by molar-refractivity contribution is 5.91. The van der Waals surface area contributed by atoms with E-state index in [2.05, 4.69) is 11.9 Å². The summed E-state index contributed by atoms with van der Waals surface area (Å²) >= 11 is 0. The lowest BCUT2D eigenvalue weighted by Gasteiger charge is -2.11. The number of allylic oxidation sites excluding steroid dienone is 1. The molecule has 0 aromatic carbocycles. The Bertz CT molecular complexity index is 204. The third-order valence-electron chi connectivity index (χ3n) is 2.41. The van der Waals surface area contributed by atoms with Gasteiger partial charge in [-0.1, -0.05) is 19.9 Å². The quantitative estimate of drug-likeness (QED) is 0.603. The van der Waals surface area contributed by atoms with Crippen molar-refractivity contribution in [1.82, 2.24) is 4.90 Å². The predicted octanol–water partition coefficient (Wildman–Crippen LogP) is 1.86. The summed E-state index contributed by atoms with van der Waals surface area (Å²) in [5, 5.41) is 0. The third kappa shape index (κ3) is 3.73. The van der Waals surface area contributed by atoms with Crippen LogP contribution in [0.15, 0.2) is 12.2 Å². The summed E-state index contributed by atoms with van der Waals surface area (Å²) in [7, 11) is 2.11. The van der Waals surface area contributed by atoms with Crippen LogP contribution in [0.5, 0.6) is 0 Å². The van der Waals surface area contributed by atoms with E-state index in [0.717, 1.165) is 12.6 Å². The zero-order valence-corrected chi connectivity index (χ0v) is 8.79. The standard InChI is InChI=1S/C11H19NO/c1-9(2)11(13)5-4-8-12(3)10-6-7-10/h4-5,9-10H,6-8H2,1-3H3/b5-4+. The van der Waals surface area contributed by atoms with Crippen molar-refractivity contribution in [2.45, 2.75) is 32.7 Å². The van der Waals surface area contributed by atoms with E-state index < -0.39 is 0 Å². The molecule has 1 rings (SSSR count). The molecule has 0 N–H and O–H groups in total. The maximum atomic E-state index is 11.2. The second-order valence-electron chi connectivity index (χ2n) is 4.13. The molecule has 13 heavy (non-hydrogen) atoms. The number of rotatable bonds is 5. The van der Waals surface area contributed by atoms with E-state index in [1.165, 1.54) is 12.8 Å². The van der Waals surface area contributed by atoms with Gasteiger partial charge in [-0.3, -0.25) is 9.69 Å². The molecule has 0 bridgehead atoms. The van der Waals surface area contributed by atoms with E-state index >= 15 is 0 Å². The van der Waals surface area contributed by atoms with E-state index in [4.69, 9.17) is 0 Å². The third-order valence-corrected chi connectivity index (χ3v) is 2.41. The summed E-state index contributed by atoms with van der Waals surface area (Å²) in [4.78, 5) is 13.5. The molecule has 1 aliphatic carbocycles. The van der Waals surface area contributed by atoms with Crippen LogP contribution in [0.1, 0.15) is 26.7 Å². The maximum absolute atomic E-state index is 11.2. The average Bonchev–Trinajstić information content (AvgIpc) is 2.85. The lowest BCUT2D eigenvalue weighted by Crippen LogP contribution is -2.20. The zero-order chi connectivity index (χ0) is 9.84. The van der Waals surface area contributed by atoms with Gasteiger partial charge >= 0.3 is 0 Å². The first-order valence-corrected chi connectivity index (χ1v) is 5.02. The fourth-order valence-electron chi connectivity index (χ4n) is 1.19. The number of hydrogen-bond acceptors (Lipinski definition) is 2. The fourth-order valence-corrected chi connectivity index (χ4v) is 1.19. The number of hydrogen-bond donors (Lipinski definition) is 0. The monoisotopic (exact) mass is 181 g/mol. The number of ketones is 1. The van der Waals surface area contributed by atoms with Gasteiger partial charge in [0, 0.05) is 18.5 Å². The average molecular weight is 181 g/mol. The molecule has 0 saturated heterocycles. The number of carbonyl (C=O) groups excluding carboxylic acids is 1. The van der Waals surface area contributed by atoms with Gasteiger partial charge in [0.2, 0.25) is 0 Å². The molecule has 0 spiro atoms. The minimum absolute atomic E-state index is 0.127. The van der Waals surface area contributed by atoms with Crippen molar-refractivity contribution in [3.05, 3.63) is 12.2 Å². The zero-order valence-electron chi connectivity index (χ0n) is 8.79. The first-order chi connectivity index (χ1) is 6.11. The maximum Gasteiger partial charge on any atom is 0.157 e. The molecule has 0 aromatic heterocycles. The van der Waals surface area contributed by atoms with Gasteiger partial charge in [-0.05, 0) is 26.0 Å². The van der Waals surface area contributed by atoms with Crippen molar-refractivity contribution in [1.29, 1.82) is 0 Å². The molecule has 1 saturated carbocycles. The molecule has 0 aromatic rings. The summed E-state index contributed by atoms with van der Waals surface area (Å²) in [6, 6.07) is 0.777. The van der Waals surface area contributed by atoms with Gasteiger partial charge in [0.05, 0.1) is 0 Å². The van der Waals surface area contributed by atoms with Gasteiger partial charge in [-0.15, -0.1) is 0 Å². The summed E-state index contributed by atoms with van der Waals surface area (Å²) in [6.07, 6.45) is 6.33. The van der Waals surface area contributed by atoms with Crippen LogP contribution in [0, 0.1) is 5.92 Å². The number of likely N-dealkylation sites (N-methyl/N-ethyl adjacent to an activating group) is 1. The molecule has 2 nitrogen and oxygen atoms in total. The predicted molar refractivity (Wildman–Crippen MR) is 54.6 cm³/mol. The summed E-state index contributed by atoms with van der Waals surface area (Å²) in [5.41, 5.74) is 0. The summed E-state index contributed by atoms with van der Waals surface area (Å²) in [5.74, 6) is 0.353. The summed E-state index contributed by atoms with van der Waals surface area (Å²) < 4.78 is 0. The summed E-state index contributed by atoms with van der Waals surface area (Å²) in [6.45, 7) is 4.76. The SMILES string of the molecule is CC(C)C(=O)/C=C/CN(C)C1CC1. The molecule has 0 heterocycles. The second kappa shape index (κ2) is 4.56. The molecular formula is C11H19NO. The Morgan fingerprint density at radius 2 is 2.15 bits per heavy atom. The normalized spacial score (nSPS) is 17.6. The minimum atomic E-state index is 0.127. The molecule has 0 amide bonds. The lowest BCUT2D eigenvalue weighted by molar-refractivity contribution is -0.117. The number of carbonyl (C=O) groups is 1. The highest BCUT2D eigenvalue weighted by Crippen LogP contribution is 2.24. The molecule has 1 aliphatic rings. The van der Waals surface area contributed by atoms with E-state index in [1.54, 1.807) is 6.08 Å². The highest BCUT2D eigenvalue weighted by atomic mass is 16.1. The van der Waals surface area contributed by atoms with Crippen molar-refractivity contribution < 1.29 is 4.79 Å². The second-order valence-corrected chi connectivity index (χ2v) is 4.13. The minimum Gasteiger partial charge on any atom is -0.300 e. The lowest BCUT2D eigenvalue weighted by atomic mass is 10.1. The molecule has 1 fully saturated rings. The van der Waals surface area contributed by atoms with Crippen LogP contribution in [0.25, 0.3) is 0 Å². The Hall–Kier alpha value is -0.630. The van der Waals surface area contributed by atoms with Crippen LogP contribution >= 0.6 is 0 Å². The Kier molecular flexibility index (Phi) is 3.67.